The van der Waals surface area contributed by atoms with Gasteiger partial charge in [-0.15, -0.1) is 0 Å². The molecule has 0 bridgehead atoms. The van der Waals surface area contributed by atoms with E-state index in [-0.39, 0.29) is 6.61 Å². The Hall–Kier alpha value is -0.120. The van der Waals surface area contributed by atoms with Crippen molar-refractivity contribution >= 4 is 0 Å². The number of hydrogen-bond donors (Lipinski definition) is 2. The van der Waals surface area contributed by atoms with Crippen molar-refractivity contribution in [1.29, 1.82) is 0 Å². The molecule has 0 aromatic heterocycles. The number of methoxy groups -OCH3 is 1. The van der Waals surface area contributed by atoms with Gasteiger partial charge in [-0.25, -0.2) is 0 Å². The van der Waals surface area contributed by atoms with Crippen molar-refractivity contribution in [3.63, 3.8) is 0 Å². The standard InChI is InChI=1S/C7H15NO2/c1-10-5-7-3-2-6(4-9)8-7/h6-9H,2-5H2,1H3. The summed E-state index contributed by atoms with van der Waals surface area (Å²) in [6, 6.07) is 0.766. The van der Waals surface area contributed by atoms with E-state index in [1.165, 1.54) is 0 Å². The van der Waals surface area contributed by atoms with Crippen LogP contribution in [-0.4, -0.2) is 37.5 Å². The molecule has 0 amide bonds. The Morgan fingerprint density at radius 1 is 1.50 bits per heavy atom. The molecule has 1 aliphatic rings. The molecule has 10 heavy (non-hydrogen) atoms. The first-order valence-electron chi connectivity index (χ1n) is 3.72. The van der Waals surface area contributed by atoms with Gasteiger partial charge in [-0.3, -0.25) is 0 Å². The Bertz CT molecular complexity index is 97.6. The van der Waals surface area contributed by atoms with Crippen LogP contribution in [-0.2, 0) is 4.74 Å². The summed E-state index contributed by atoms with van der Waals surface area (Å²) in [5, 5.41) is 12.0. The lowest BCUT2D eigenvalue weighted by atomic mass is 10.2. The van der Waals surface area contributed by atoms with Gasteiger partial charge in [0.25, 0.3) is 0 Å². The number of aliphatic hydroxyl groups is 1. The third kappa shape index (κ3) is 1.94. The van der Waals surface area contributed by atoms with Crippen molar-refractivity contribution in [2.75, 3.05) is 20.3 Å². The van der Waals surface area contributed by atoms with Crippen LogP contribution >= 0.6 is 0 Å². The Labute approximate surface area is 61.4 Å². The van der Waals surface area contributed by atoms with Crippen LogP contribution in [0.4, 0.5) is 0 Å². The van der Waals surface area contributed by atoms with Crippen LogP contribution in [0.3, 0.4) is 0 Å². The van der Waals surface area contributed by atoms with Crippen molar-refractivity contribution in [1.82, 2.24) is 5.32 Å². The fraction of sp³-hybridized carbons (Fsp3) is 1.00. The highest BCUT2D eigenvalue weighted by Gasteiger charge is 2.21. The van der Waals surface area contributed by atoms with E-state index in [0.29, 0.717) is 12.1 Å². The second-order valence-electron chi connectivity index (χ2n) is 2.78. The Morgan fingerprint density at radius 3 is 2.70 bits per heavy atom. The van der Waals surface area contributed by atoms with Crippen LogP contribution in [0.25, 0.3) is 0 Å². The Balaban J connectivity index is 2.15. The zero-order chi connectivity index (χ0) is 7.40. The molecule has 2 atom stereocenters. The van der Waals surface area contributed by atoms with Crippen molar-refractivity contribution in [2.45, 2.75) is 24.9 Å². The predicted octanol–water partition coefficient (Wildman–Crippen LogP) is -0.254. The monoisotopic (exact) mass is 145 g/mol. The second kappa shape index (κ2) is 3.91. The molecule has 1 fully saturated rings. The molecule has 1 saturated heterocycles. The summed E-state index contributed by atoms with van der Waals surface area (Å²) in [5.74, 6) is 0. The summed E-state index contributed by atoms with van der Waals surface area (Å²) < 4.78 is 4.97. The molecular weight excluding hydrogens is 130 g/mol. The van der Waals surface area contributed by atoms with Gasteiger partial charge in [0.1, 0.15) is 0 Å². The number of aliphatic hydroxyl groups excluding tert-OH is 1. The molecule has 0 spiro atoms. The van der Waals surface area contributed by atoms with Gasteiger partial charge in [-0.1, -0.05) is 0 Å². The fourth-order valence-corrected chi connectivity index (χ4v) is 1.38. The lowest BCUT2D eigenvalue weighted by molar-refractivity contribution is 0.167. The van der Waals surface area contributed by atoms with E-state index in [1.54, 1.807) is 7.11 Å². The summed E-state index contributed by atoms with van der Waals surface area (Å²) in [6.07, 6.45) is 2.20. The molecule has 0 radical (unpaired) electrons. The molecule has 3 nitrogen and oxygen atoms in total. The zero-order valence-corrected chi connectivity index (χ0v) is 6.34. The van der Waals surface area contributed by atoms with Gasteiger partial charge in [0, 0.05) is 19.2 Å². The molecule has 0 aromatic carbocycles. The van der Waals surface area contributed by atoms with Crippen LogP contribution in [0.1, 0.15) is 12.8 Å². The van der Waals surface area contributed by atoms with Crippen molar-refractivity contribution < 1.29 is 9.84 Å². The molecule has 2 N–H and O–H groups in total. The third-order valence-corrected chi connectivity index (χ3v) is 1.92. The lowest BCUT2D eigenvalue weighted by Gasteiger charge is -2.10. The summed E-state index contributed by atoms with van der Waals surface area (Å²) in [5.41, 5.74) is 0. The van der Waals surface area contributed by atoms with E-state index in [4.69, 9.17) is 9.84 Å². The van der Waals surface area contributed by atoms with E-state index in [0.717, 1.165) is 19.4 Å². The molecule has 1 rings (SSSR count). The van der Waals surface area contributed by atoms with Gasteiger partial charge >= 0.3 is 0 Å². The quantitative estimate of drug-likeness (QED) is 0.575. The summed E-state index contributed by atoms with van der Waals surface area (Å²) in [7, 11) is 1.70. The van der Waals surface area contributed by atoms with Crippen LogP contribution in [0.2, 0.25) is 0 Å². The lowest BCUT2D eigenvalue weighted by Crippen LogP contribution is -2.34. The topological polar surface area (TPSA) is 41.5 Å². The molecule has 60 valence electrons. The molecule has 0 aromatic rings. The fourth-order valence-electron chi connectivity index (χ4n) is 1.38. The van der Waals surface area contributed by atoms with Gasteiger partial charge in [0.2, 0.25) is 0 Å². The Morgan fingerprint density at radius 2 is 2.20 bits per heavy atom. The SMILES string of the molecule is COCC1CCC(CO)N1. The highest BCUT2D eigenvalue weighted by Crippen LogP contribution is 2.11. The summed E-state index contributed by atoms with van der Waals surface area (Å²) >= 11 is 0. The minimum Gasteiger partial charge on any atom is -0.395 e. The number of ether oxygens (including phenoxy) is 1. The second-order valence-corrected chi connectivity index (χ2v) is 2.78. The van der Waals surface area contributed by atoms with Crippen LogP contribution in [0, 0.1) is 0 Å². The third-order valence-electron chi connectivity index (χ3n) is 1.92. The molecule has 1 aliphatic heterocycles. The van der Waals surface area contributed by atoms with Gasteiger partial charge in [-0.05, 0) is 12.8 Å². The van der Waals surface area contributed by atoms with Gasteiger partial charge in [0.15, 0.2) is 0 Å². The van der Waals surface area contributed by atoms with Gasteiger partial charge < -0.3 is 15.2 Å². The smallest absolute Gasteiger partial charge is 0.0615 e. The van der Waals surface area contributed by atoms with E-state index in [2.05, 4.69) is 5.32 Å². The molecule has 2 unspecified atom stereocenters. The average molecular weight is 145 g/mol. The number of rotatable bonds is 3. The van der Waals surface area contributed by atoms with Gasteiger partial charge in [0.05, 0.1) is 13.2 Å². The van der Waals surface area contributed by atoms with Gasteiger partial charge in [-0.2, -0.15) is 0 Å². The number of hydrogen-bond acceptors (Lipinski definition) is 3. The first kappa shape index (κ1) is 7.98. The number of nitrogens with one attached hydrogen (secondary N) is 1. The first-order chi connectivity index (χ1) is 4.86. The maximum atomic E-state index is 8.75. The van der Waals surface area contributed by atoms with E-state index >= 15 is 0 Å². The van der Waals surface area contributed by atoms with E-state index in [9.17, 15) is 0 Å². The highest BCUT2D eigenvalue weighted by atomic mass is 16.5. The highest BCUT2D eigenvalue weighted by molar-refractivity contribution is 4.82. The maximum Gasteiger partial charge on any atom is 0.0615 e. The predicted molar refractivity (Wildman–Crippen MR) is 38.9 cm³/mol. The van der Waals surface area contributed by atoms with Crippen LogP contribution in [0.15, 0.2) is 0 Å². The average Bonchev–Trinajstić information content (AvgIpc) is 2.37. The minimum absolute atomic E-state index is 0.250. The summed E-state index contributed by atoms with van der Waals surface area (Å²) in [4.78, 5) is 0. The molecule has 0 saturated carbocycles. The minimum atomic E-state index is 0.250. The van der Waals surface area contributed by atoms with E-state index in [1.807, 2.05) is 0 Å². The first-order valence-corrected chi connectivity index (χ1v) is 3.72. The normalized spacial score (nSPS) is 33.0. The van der Waals surface area contributed by atoms with Crippen molar-refractivity contribution in [3.05, 3.63) is 0 Å². The van der Waals surface area contributed by atoms with Crippen molar-refractivity contribution in [2.24, 2.45) is 0 Å². The molecule has 3 heteroatoms. The maximum absolute atomic E-state index is 8.75. The Kier molecular flexibility index (Phi) is 3.12. The van der Waals surface area contributed by atoms with Crippen LogP contribution < -0.4 is 5.32 Å². The molecule has 1 heterocycles. The molecule has 0 aliphatic carbocycles. The largest absolute Gasteiger partial charge is 0.395 e. The van der Waals surface area contributed by atoms with Crippen molar-refractivity contribution in [3.8, 4) is 0 Å². The van der Waals surface area contributed by atoms with E-state index < -0.39 is 0 Å². The van der Waals surface area contributed by atoms with Crippen LogP contribution in [0.5, 0.6) is 0 Å². The summed E-state index contributed by atoms with van der Waals surface area (Å²) in [6.45, 7) is 1.01. The zero-order valence-electron chi connectivity index (χ0n) is 6.34. The molecular formula is C7H15NO2.